The van der Waals surface area contributed by atoms with E-state index in [0.717, 1.165) is 66.5 Å². The van der Waals surface area contributed by atoms with Crippen molar-refractivity contribution in [1.82, 2.24) is 9.13 Å². The molecule has 262 valence electrons. The number of hydrogen-bond acceptors (Lipinski definition) is 2. The van der Waals surface area contributed by atoms with Gasteiger partial charge in [0.05, 0.1) is 33.3 Å². The Kier molecular flexibility index (Phi) is 6.15. The fourth-order valence-corrected chi connectivity index (χ4v) is 9.78. The summed E-state index contributed by atoms with van der Waals surface area (Å²) in [5.41, 5.74) is 16.1. The molecule has 11 aromatic rings. The Morgan fingerprint density at radius 1 is 0.500 bits per heavy atom. The van der Waals surface area contributed by atoms with Gasteiger partial charge in [-0.1, -0.05) is 117 Å². The van der Waals surface area contributed by atoms with Crippen LogP contribution in [0, 0.1) is 11.3 Å². The van der Waals surface area contributed by atoms with E-state index in [1.54, 1.807) is 0 Å². The summed E-state index contributed by atoms with van der Waals surface area (Å²) in [5.74, 6) is 0. The van der Waals surface area contributed by atoms with E-state index in [9.17, 15) is 5.26 Å². The lowest BCUT2D eigenvalue weighted by molar-refractivity contribution is 0.661. The van der Waals surface area contributed by atoms with Crippen molar-refractivity contribution >= 4 is 65.6 Å². The molecule has 0 spiro atoms. The van der Waals surface area contributed by atoms with E-state index in [-0.39, 0.29) is 5.41 Å². The van der Waals surface area contributed by atoms with Gasteiger partial charge in [-0.25, -0.2) is 0 Å². The van der Waals surface area contributed by atoms with Crippen LogP contribution in [0.25, 0.3) is 99.2 Å². The second kappa shape index (κ2) is 11.1. The smallest absolute Gasteiger partial charge is 0.137 e. The number of nitriles is 1. The van der Waals surface area contributed by atoms with Crippen LogP contribution in [0.3, 0.4) is 0 Å². The molecule has 0 fully saturated rings. The van der Waals surface area contributed by atoms with Gasteiger partial charge in [0.15, 0.2) is 0 Å². The van der Waals surface area contributed by atoms with Crippen molar-refractivity contribution in [3.05, 3.63) is 180 Å². The lowest BCUT2D eigenvalue weighted by Crippen LogP contribution is -2.14. The second-order valence-corrected chi connectivity index (χ2v) is 15.6. The van der Waals surface area contributed by atoms with Crippen molar-refractivity contribution in [1.29, 1.82) is 5.26 Å². The van der Waals surface area contributed by atoms with Crippen LogP contribution in [-0.4, -0.2) is 9.13 Å². The van der Waals surface area contributed by atoms with Gasteiger partial charge >= 0.3 is 0 Å². The van der Waals surface area contributed by atoms with Gasteiger partial charge in [0.25, 0.3) is 0 Å². The van der Waals surface area contributed by atoms with E-state index < -0.39 is 0 Å². The summed E-state index contributed by atoms with van der Waals surface area (Å²) < 4.78 is 10.9. The molecule has 3 heterocycles. The van der Waals surface area contributed by atoms with Gasteiger partial charge in [-0.2, -0.15) is 5.26 Å². The average Bonchev–Trinajstić information content (AvgIpc) is 3.94. The second-order valence-electron chi connectivity index (χ2n) is 15.6. The van der Waals surface area contributed by atoms with Gasteiger partial charge in [0.1, 0.15) is 17.2 Å². The summed E-state index contributed by atoms with van der Waals surface area (Å²) >= 11 is 0. The van der Waals surface area contributed by atoms with Crippen LogP contribution in [0.4, 0.5) is 0 Å². The number of hydrogen-bond donors (Lipinski definition) is 0. The fourth-order valence-electron chi connectivity index (χ4n) is 9.78. The minimum absolute atomic E-state index is 0.0963. The van der Waals surface area contributed by atoms with Gasteiger partial charge in [-0.05, 0) is 88.0 Å². The molecule has 4 nitrogen and oxygen atoms in total. The van der Waals surface area contributed by atoms with E-state index in [1.807, 2.05) is 18.2 Å². The summed E-state index contributed by atoms with van der Waals surface area (Å²) in [6, 6.07) is 60.8. The Morgan fingerprint density at radius 2 is 1.20 bits per heavy atom. The molecule has 1 aliphatic carbocycles. The molecular weight excluding hydrogens is 683 g/mol. The highest BCUT2D eigenvalue weighted by molar-refractivity contribution is 6.19. The molecule has 0 radical (unpaired) electrons. The summed E-state index contributed by atoms with van der Waals surface area (Å²) in [5, 5.41) is 17.8. The summed E-state index contributed by atoms with van der Waals surface area (Å²) in [4.78, 5) is 0. The SMILES string of the molecule is CC1(C)c2ccccc2-c2c1ccc1c2c2ccccc2n1-c1ccc(-c2ccc(-n3c4ccccc4c4cc5c(cc43)oc3ccccc35)cc2)cc1C#N. The van der Waals surface area contributed by atoms with Gasteiger partial charge < -0.3 is 13.6 Å². The third-order valence-corrected chi connectivity index (χ3v) is 12.4. The number of nitrogens with zero attached hydrogens (tertiary/aromatic N) is 3. The summed E-state index contributed by atoms with van der Waals surface area (Å²) in [6.45, 7) is 4.65. The number of rotatable bonds is 3. The highest BCUT2D eigenvalue weighted by Gasteiger charge is 2.37. The third kappa shape index (κ3) is 4.06. The normalized spacial score (nSPS) is 13.3. The number of fused-ring (bicyclic) bond motifs is 13. The Bertz CT molecular complexity index is 3510. The molecule has 3 aromatic heterocycles. The van der Waals surface area contributed by atoms with Crippen molar-refractivity contribution in [3.8, 4) is 39.7 Å². The van der Waals surface area contributed by atoms with Gasteiger partial charge in [-0.15, -0.1) is 0 Å². The zero-order valence-corrected chi connectivity index (χ0v) is 30.8. The van der Waals surface area contributed by atoms with Crippen LogP contribution in [0.1, 0.15) is 30.5 Å². The topological polar surface area (TPSA) is 46.8 Å². The Hall–Kier alpha value is -7.35. The van der Waals surface area contributed by atoms with Gasteiger partial charge in [-0.3, -0.25) is 0 Å². The zero-order valence-electron chi connectivity index (χ0n) is 30.8. The van der Waals surface area contributed by atoms with Crippen molar-refractivity contribution in [2.45, 2.75) is 19.3 Å². The van der Waals surface area contributed by atoms with E-state index in [2.05, 4.69) is 175 Å². The van der Waals surface area contributed by atoms with Crippen LogP contribution in [-0.2, 0) is 5.41 Å². The molecule has 4 heteroatoms. The molecule has 0 amide bonds. The molecule has 0 unspecified atom stereocenters. The van der Waals surface area contributed by atoms with Crippen LogP contribution in [0.15, 0.2) is 168 Å². The minimum atomic E-state index is -0.0963. The largest absolute Gasteiger partial charge is 0.456 e. The van der Waals surface area contributed by atoms with Crippen LogP contribution >= 0.6 is 0 Å². The van der Waals surface area contributed by atoms with Crippen LogP contribution < -0.4 is 0 Å². The van der Waals surface area contributed by atoms with E-state index >= 15 is 0 Å². The van der Waals surface area contributed by atoms with Gasteiger partial charge in [0, 0.05) is 49.5 Å². The highest BCUT2D eigenvalue weighted by atomic mass is 16.3. The van der Waals surface area contributed by atoms with Gasteiger partial charge in [0.2, 0.25) is 0 Å². The monoisotopic (exact) mass is 715 g/mol. The zero-order chi connectivity index (χ0) is 37.3. The fraction of sp³-hybridized carbons (Fsp3) is 0.0577. The highest BCUT2D eigenvalue weighted by Crippen LogP contribution is 2.53. The Balaban J connectivity index is 0.989. The first-order valence-electron chi connectivity index (χ1n) is 19.2. The molecule has 0 atom stereocenters. The maximum atomic E-state index is 10.7. The van der Waals surface area contributed by atoms with Crippen molar-refractivity contribution in [2.24, 2.45) is 0 Å². The maximum absolute atomic E-state index is 10.7. The predicted octanol–water partition coefficient (Wildman–Crippen LogP) is 13.6. The van der Waals surface area contributed by atoms with Crippen molar-refractivity contribution in [3.63, 3.8) is 0 Å². The minimum Gasteiger partial charge on any atom is -0.456 e. The molecule has 1 aliphatic rings. The van der Waals surface area contributed by atoms with E-state index in [1.165, 1.54) is 43.8 Å². The third-order valence-electron chi connectivity index (χ3n) is 12.4. The lowest BCUT2D eigenvalue weighted by atomic mass is 9.82. The first kappa shape index (κ1) is 31.0. The summed E-state index contributed by atoms with van der Waals surface area (Å²) in [6.07, 6.45) is 0. The van der Waals surface area contributed by atoms with Crippen molar-refractivity contribution in [2.75, 3.05) is 0 Å². The molecule has 56 heavy (non-hydrogen) atoms. The quantitative estimate of drug-likeness (QED) is 0.183. The average molecular weight is 716 g/mol. The Labute approximate surface area is 322 Å². The lowest BCUT2D eigenvalue weighted by Gasteiger charge is -2.21. The molecule has 0 saturated heterocycles. The van der Waals surface area contributed by atoms with Crippen molar-refractivity contribution < 1.29 is 4.42 Å². The first-order valence-corrected chi connectivity index (χ1v) is 19.2. The molecule has 0 N–H and O–H groups in total. The molecule has 0 bridgehead atoms. The number of para-hydroxylation sites is 3. The molecule has 0 aliphatic heterocycles. The molecule has 8 aromatic carbocycles. The summed E-state index contributed by atoms with van der Waals surface area (Å²) in [7, 11) is 0. The number of furan rings is 1. The first-order chi connectivity index (χ1) is 27.5. The van der Waals surface area contributed by atoms with Crippen LogP contribution in [0.2, 0.25) is 0 Å². The number of aromatic nitrogens is 2. The standard InChI is InChI=1S/C52H33N3O/c1-52(2)41-15-7-3-13-37(41)50-42(52)24-26-46-51(50)38-14-5-9-17-45(38)55(46)43-25-21-32(27-33(43)30-53)31-19-22-34(23-20-31)54-44-16-8-4-11-35(44)39-28-40-36-12-6-10-18-48(36)56-49(40)29-47(39)54/h3-29H,1-2H3. The number of benzene rings is 8. The van der Waals surface area contributed by atoms with Crippen LogP contribution in [0.5, 0.6) is 0 Å². The Morgan fingerprint density at radius 3 is 2.02 bits per heavy atom. The van der Waals surface area contributed by atoms with E-state index in [4.69, 9.17) is 4.42 Å². The van der Waals surface area contributed by atoms with E-state index in [0.29, 0.717) is 5.56 Å². The molecular formula is C52H33N3O. The molecule has 12 rings (SSSR count). The molecule has 0 saturated carbocycles. The predicted molar refractivity (Wildman–Crippen MR) is 230 cm³/mol. The maximum Gasteiger partial charge on any atom is 0.137 e.